The highest BCUT2D eigenvalue weighted by atomic mass is 32.2. The van der Waals surface area contributed by atoms with Gasteiger partial charge in [-0.2, -0.15) is 5.26 Å². The van der Waals surface area contributed by atoms with Crippen LogP contribution in [0.15, 0.2) is 60.9 Å². The van der Waals surface area contributed by atoms with E-state index in [9.17, 15) is 18.5 Å². The highest BCUT2D eigenvalue weighted by Gasteiger charge is 2.24. The zero-order chi connectivity index (χ0) is 23.9. The molecule has 3 N–H and O–H groups in total. The first-order valence-electron chi connectivity index (χ1n) is 10.7. The number of hydrogen-bond donors (Lipinski definition) is 3. The zero-order valence-electron chi connectivity index (χ0n) is 18.3. The van der Waals surface area contributed by atoms with E-state index in [0.717, 1.165) is 41.2 Å². The molecular weight excluding hydrogens is 450 g/mol. The van der Waals surface area contributed by atoms with Crippen LogP contribution >= 0.6 is 0 Å². The lowest BCUT2D eigenvalue weighted by Gasteiger charge is -2.09. The normalized spacial score (nSPS) is 13.4. The van der Waals surface area contributed by atoms with Crippen LogP contribution in [-0.4, -0.2) is 36.6 Å². The monoisotopic (exact) mass is 471 g/mol. The van der Waals surface area contributed by atoms with Gasteiger partial charge >= 0.3 is 0 Å². The van der Waals surface area contributed by atoms with Gasteiger partial charge in [0.2, 0.25) is 10.0 Å². The van der Waals surface area contributed by atoms with Gasteiger partial charge in [-0.05, 0) is 60.4 Å². The summed E-state index contributed by atoms with van der Waals surface area (Å²) in [6, 6.07) is 16.6. The van der Waals surface area contributed by atoms with Crippen molar-refractivity contribution in [2.45, 2.75) is 18.9 Å². The molecule has 1 aliphatic carbocycles. The molecule has 9 heteroatoms. The predicted octanol–water partition coefficient (Wildman–Crippen LogP) is 4.03. The number of nitriles is 1. The Morgan fingerprint density at radius 2 is 1.94 bits per heavy atom. The van der Waals surface area contributed by atoms with Crippen molar-refractivity contribution in [1.29, 1.82) is 5.26 Å². The zero-order valence-corrected chi connectivity index (χ0v) is 19.1. The molecule has 2 aromatic heterocycles. The molecule has 2 heterocycles. The maximum atomic E-state index is 12.5. The number of nitrogens with one attached hydrogen (secondary N) is 3. The number of H-pyrrole nitrogens is 1. The lowest BCUT2D eigenvalue weighted by atomic mass is 9.99. The van der Waals surface area contributed by atoms with Crippen LogP contribution in [0.1, 0.15) is 28.8 Å². The highest BCUT2D eigenvalue weighted by Crippen LogP contribution is 2.33. The summed E-state index contributed by atoms with van der Waals surface area (Å²) in [6.07, 6.45) is 6.63. The highest BCUT2D eigenvalue weighted by molar-refractivity contribution is 7.92. The van der Waals surface area contributed by atoms with Crippen LogP contribution in [-0.2, 0) is 10.0 Å². The Morgan fingerprint density at radius 1 is 1.12 bits per heavy atom. The lowest BCUT2D eigenvalue weighted by Crippen LogP contribution is -2.25. The molecule has 0 bridgehead atoms. The van der Waals surface area contributed by atoms with Gasteiger partial charge < -0.3 is 10.3 Å². The van der Waals surface area contributed by atoms with Crippen molar-refractivity contribution in [3.8, 4) is 28.3 Å². The molecule has 1 fully saturated rings. The van der Waals surface area contributed by atoms with Gasteiger partial charge in [0.1, 0.15) is 5.65 Å². The molecule has 0 radical (unpaired) electrons. The molecule has 34 heavy (non-hydrogen) atoms. The second kappa shape index (κ2) is 8.32. The molecule has 0 aliphatic heterocycles. The Labute approximate surface area is 196 Å². The molecule has 1 amide bonds. The molecule has 8 nitrogen and oxygen atoms in total. The van der Waals surface area contributed by atoms with Crippen LogP contribution in [0.25, 0.3) is 33.3 Å². The number of rotatable bonds is 6. The molecule has 2 aromatic carbocycles. The van der Waals surface area contributed by atoms with Crippen LogP contribution in [0, 0.1) is 11.3 Å². The number of aromatic nitrogens is 2. The molecular formula is C25H21N5O3S. The summed E-state index contributed by atoms with van der Waals surface area (Å²) in [7, 11) is -3.50. The van der Waals surface area contributed by atoms with E-state index < -0.39 is 10.0 Å². The molecule has 0 spiro atoms. The van der Waals surface area contributed by atoms with Crippen LogP contribution in [0.3, 0.4) is 0 Å². The Bertz CT molecular complexity index is 1580. The summed E-state index contributed by atoms with van der Waals surface area (Å²) in [5.74, 6) is -0.0834. The number of aromatic amines is 1. The summed E-state index contributed by atoms with van der Waals surface area (Å²) >= 11 is 0. The number of anilines is 1. The van der Waals surface area contributed by atoms with Crippen molar-refractivity contribution in [3.63, 3.8) is 0 Å². The maximum absolute atomic E-state index is 12.5. The van der Waals surface area contributed by atoms with Crippen LogP contribution in [0.5, 0.6) is 0 Å². The van der Waals surface area contributed by atoms with Crippen molar-refractivity contribution in [1.82, 2.24) is 15.3 Å². The predicted molar refractivity (Wildman–Crippen MR) is 131 cm³/mol. The van der Waals surface area contributed by atoms with E-state index in [-0.39, 0.29) is 11.9 Å². The van der Waals surface area contributed by atoms with E-state index in [2.05, 4.69) is 26.1 Å². The number of pyridine rings is 1. The third-order valence-electron chi connectivity index (χ3n) is 5.58. The first kappa shape index (κ1) is 21.7. The Balaban J connectivity index is 1.55. The number of carbonyl (C=O) groups excluding carboxylic acids is 1. The van der Waals surface area contributed by atoms with Gasteiger partial charge in [0.05, 0.1) is 23.6 Å². The lowest BCUT2D eigenvalue weighted by molar-refractivity contribution is 0.0951. The van der Waals surface area contributed by atoms with E-state index in [0.29, 0.717) is 28.0 Å². The van der Waals surface area contributed by atoms with Crippen molar-refractivity contribution < 1.29 is 13.2 Å². The van der Waals surface area contributed by atoms with Gasteiger partial charge in [-0.25, -0.2) is 13.4 Å². The van der Waals surface area contributed by atoms with Crippen molar-refractivity contribution in [2.24, 2.45) is 0 Å². The van der Waals surface area contributed by atoms with Crippen LogP contribution in [0.2, 0.25) is 0 Å². The second-order valence-electron chi connectivity index (χ2n) is 8.44. The summed E-state index contributed by atoms with van der Waals surface area (Å²) in [5, 5.41) is 13.3. The second-order valence-corrected chi connectivity index (χ2v) is 10.2. The molecule has 0 saturated heterocycles. The number of sulfonamides is 1. The molecule has 1 aliphatic rings. The standard InChI is InChI=1S/C25H21N5O3S/c1-34(32,33)30-21-8-15(12-26)7-18(10-21)23-14-28-24-22(23)11-19(13-27-24)16-3-2-4-17(9-16)25(31)29-20-5-6-20/h2-4,7-11,13-14,20,30H,5-6H2,1H3,(H,27,28)(H,29,31). The number of carbonyl (C=O) groups is 1. The van der Waals surface area contributed by atoms with Gasteiger partial charge in [0, 0.05) is 40.5 Å². The fraction of sp³-hybridized carbons (Fsp3) is 0.160. The Kier molecular flexibility index (Phi) is 5.30. The molecule has 1 saturated carbocycles. The third-order valence-corrected chi connectivity index (χ3v) is 6.18. The summed E-state index contributed by atoms with van der Waals surface area (Å²) in [6.45, 7) is 0. The number of benzene rings is 2. The minimum atomic E-state index is -3.50. The molecule has 0 unspecified atom stereocenters. The van der Waals surface area contributed by atoms with Crippen LogP contribution < -0.4 is 10.0 Å². The van der Waals surface area contributed by atoms with E-state index in [1.807, 2.05) is 24.3 Å². The average molecular weight is 472 g/mol. The number of hydrogen-bond acceptors (Lipinski definition) is 5. The van der Waals surface area contributed by atoms with Crippen molar-refractivity contribution in [3.05, 3.63) is 72.1 Å². The number of nitrogens with zero attached hydrogens (tertiary/aromatic N) is 2. The Morgan fingerprint density at radius 3 is 2.68 bits per heavy atom. The van der Waals surface area contributed by atoms with Crippen molar-refractivity contribution in [2.75, 3.05) is 11.0 Å². The minimum absolute atomic E-state index is 0.0834. The van der Waals surface area contributed by atoms with E-state index in [4.69, 9.17) is 0 Å². The molecule has 170 valence electrons. The fourth-order valence-electron chi connectivity index (χ4n) is 3.86. The fourth-order valence-corrected chi connectivity index (χ4v) is 4.40. The summed E-state index contributed by atoms with van der Waals surface area (Å²) in [4.78, 5) is 20.1. The van der Waals surface area contributed by atoms with Gasteiger partial charge in [0.15, 0.2) is 0 Å². The van der Waals surface area contributed by atoms with Crippen molar-refractivity contribution >= 4 is 32.7 Å². The number of fused-ring (bicyclic) bond motifs is 1. The smallest absolute Gasteiger partial charge is 0.251 e. The quantitative estimate of drug-likeness (QED) is 0.391. The maximum Gasteiger partial charge on any atom is 0.251 e. The average Bonchev–Trinajstić information content (AvgIpc) is 3.52. The van der Waals surface area contributed by atoms with E-state index in [1.54, 1.807) is 30.6 Å². The molecule has 5 rings (SSSR count). The third kappa shape index (κ3) is 4.63. The molecule has 4 aromatic rings. The topological polar surface area (TPSA) is 128 Å². The first-order chi connectivity index (χ1) is 16.3. The largest absolute Gasteiger partial charge is 0.349 e. The number of amides is 1. The Hall–Kier alpha value is -4.16. The van der Waals surface area contributed by atoms with E-state index >= 15 is 0 Å². The molecule has 0 atom stereocenters. The summed E-state index contributed by atoms with van der Waals surface area (Å²) in [5.41, 5.74) is 5.03. The van der Waals surface area contributed by atoms with Gasteiger partial charge in [-0.3, -0.25) is 9.52 Å². The summed E-state index contributed by atoms with van der Waals surface area (Å²) < 4.78 is 25.9. The SMILES string of the molecule is CS(=O)(=O)Nc1cc(C#N)cc(-c2c[nH]c3ncc(-c4cccc(C(=O)NC5CC5)c4)cc23)c1. The van der Waals surface area contributed by atoms with E-state index in [1.165, 1.54) is 6.07 Å². The van der Waals surface area contributed by atoms with Gasteiger partial charge in [-0.1, -0.05) is 12.1 Å². The van der Waals surface area contributed by atoms with Gasteiger partial charge in [0.25, 0.3) is 5.91 Å². The van der Waals surface area contributed by atoms with Gasteiger partial charge in [-0.15, -0.1) is 0 Å². The minimum Gasteiger partial charge on any atom is -0.349 e. The first-order valence-corrected chi connectivity index (χ1v) is 12.6. The van der Waals surface area contributed by atoms with Crippen LogP contribution in [0.4, 0.5) is 5.69 Å².